The van der Waals surface area contributed by atoms with Crippen LogP contribution in [0.2, 0.25) is 0 Å². The van der Waals surface area contributed by atoms with Crippen molar-refractivity contribution < 1.29 is 8.42 Å². The highest BCUT2D eigenvalue weighted by Crippen LogP contribution is 2.16. The van der Waals surface area contributed by atoms with Crippen molar-refractivity contribution in [3.05, 3.63) is 0 Å². The van der Waals surface area contributed by atoms with Gasteiger partial charge in [-0.3, -0.25) is 4.90 Å². The molecule has 4 nitrogen and oxygen atoms in total. The van der Waals surface area contributed by atoms with E-state index in [1.165, 1.54) is 6.42 Å². The molecule has 1 unspecified atom stereocenters. The van der Waals surface area contributed by atoms with Crippen LogP contribution in [0.1, 0.15) is 32.6 Å². The molecule has 1 saturated heterocycles. The van der Waals surface area contributed by atoms with Crippen LogP contribution in [0.4, 0.5) is 0 Å². The first-order chi connectivity index (χ1) is 6.05. The zero-order valence-electron chi connectivity index (χ0n) is 8.07. The van der Waals surface area contributed by atoms with Crippen LogP contribution in [0.15, 0.2) is 0 Å². The number of nitrogens with two attached hydrogens (primary N) is 1. The van der Waals surface area contributed by atoms with Crippen molar-refractivity contribution in [3.8, 4) is 0 Å². The largest absolute Gasteiger partial charge is 0.286 e. The van der Waals surface area contributed by atoms with Gasteiger partial charge in [-0.15, -0.1) is 0 Å². The quantitative estimate of drug-likeness (QED) is 0.731. The molecule has 1 heterocycles. The minimum absolute atomic E-state index is 0.465. The molecule has 0 aromatic rings. The maximum Gasteiger partial charge on any atom is 0.225 e. The highest BCUT2D eigenvalue weighted by molar-refractivity contribution is 7.89. The molecule has 1 atom stereocenters. The molecule has 0 aromatic carbocycles. The molecule has 0 radical (unpaired) electrons. The summed E-state index contributed by atoms with van der Waals surface area (Å²) in [5.74, 6) is 0. The van der Waals surface area contributed by atoms with E-state index in [4.69, 9.17) is 5.14 Å². The Bertz CT molecular complexity index is 245. The topological polar surface area (TPSA) is 63.4 Å². The first-order valence-electron chi connectivity index (χ1n) is 4.81. The molecular formula is C8H18N2O2S. The molecule has 5 heteroatoms. The van der Waals surface area contributed by atoms with Crippen molar-refractivity contribution in [1.29, 1.82) is 0 Å². The van der Waals surface area contributed by atoms with Gasteiger partial charge < -0.3 is 0 Å². The lowest BCUT2D eigenvalue weighted by molar-refractivity contribution is 0.203. The number of nitrogens with zero attached hydrogens (tertiary/aromatic N) is 1. The Morgan fingerprint density at radius 2 is 1.85 bits per heavy atom. The van der Waals surface area contributed by atoms with Crippen LogP contribution < -0.4 is 5.14 Å². The van der Waals surface area contributed by atoms with Crippen molar-refractivity contribution in [1.82, 2.24) is 4.90 Å². The van der Waals surface area contributed by atoms with E-state index in [-0.39, 0.29) is 0 Å². The van der Waals surface area contributed by atoms with Gasteiger partial charge >= 0.3 is 0 Å². The Kier molecular flexibility index (Phi) is 3.70. The minimum atomic E-state index is -3.39. The van der Waals surface area contributed by atoms with E-state index in [0.717, 1.165) is 25.9 Å². The Morgan fingerprint density at radius 3 is 2.23 bits per heavy atom. The van der Waals surface area contributed by atoms with Gasteiger partial charge in [0.05, 0.1) is 0 Å². The molecule has 78 valence electrons. The van der Waals surface area contributed by atoms with Gasteiger partial charge in [-0.1, -0.05) is 13.3 Å². The van der Waals surface area contributed by atoms with Crippen LogP contribution in [-0.4, -0.2) is 31.8 Å². The second-order valence-electron chi connectivity index (χ2n) is 3.55. The van der Waals surface area contributed by atoms with Gasteiger partial charge in [0.2, 0.25) is 10.0 Å². The summed E-state index contributed by atoms with van der Waals surface area (Å²) < 4.78 is 22.4. The van der Waals surface area contributed by atoms with Crippen molar-refractivity contribution in [2.24, 2.45) is 5.14 Å². The zero-order chi connectivity index (χ0) is 9.90. The van der Waals surface area contributed by atoms with Gasteiger partial charge in [0.1, 0.15) is 5.37 Å². The van der Waals surface area contributed by atoms with E-state index in [0.29, 0.717) is 6.42 Å². The summed E-state index contributed by atoms with van der Waals surface area (Å²) in [6, 6.07) is 0. The smallest absolute Gasteiger partial charge is 0.225 e. The third-order valence-electron chi connectivity index (χ3n) is 2.53. The van der Waals surface area contributed by atoms with E-state index < -0.39 is 15.4 Å². The average Bonchev–Trinajstić information content (AvgIpc) is 2.05. The predicted molar refractivity (Wildman–Crippen MR) is 52.6 cm³/mol. The van der Waals surface area contributed by atoms with Crippen molar-refractivity contribution in [2.45, 2.75) is 38.0 Å². The maximum atomic E-state index is 11.2. The lowest BCUT2D eigenvalue weighted by atomic mass is 10.1. The molecule has 1 aliphatic rings. The van der Waals surface area contributed by atoms with Gasteiger partial charge in [0, 0.05) is 0 Å². The van der Waals surface area contributed by atoms with E-state index in [9.17, 15) is 8.42 Å². The van der Waals surface area contributed by atoms with Crippen LogP contribution in [0.3, 0.4) is 0 Å². The van der Waals surface area contributed by atoms with Crippen molar-refractivity contribution in [2.75, 3.05) is 13.1 Å². The number of hydrogen-bond acceptors (Lipinski definition) is 3. The van der Waals surface area contributed by atoms with Crippen LogP contribution in [0.25, 0.3) is 0 Å². The normalized spacial score (nSPS) is 22.9. The number of sulfonamides is 1. The first kappa shape index (κ1) is 10.9. The van der Waals surface area contributed by atoms with Gasteiger partial charge in [0.25, 0.3) is 0 Å². The van der Waals surface area contributed by atoms with Gasteiger partial charge in [-0.2, -0.15) is 0 Å². The fraction of sp³-hybridized carbons (Fsp3) is 1.00. The van der Waals surface area contributed by atoms with Gasteiger partial charge in [-0.05, 0) is 32.4 Å². The molecule has 0 saturated carbocycles. The van der Waals surface area contributed by atoms with E-state index in [1.54, 1.807) is 0 Å². The summed E-state index contributed by atoms with van der Waals surface area (Å²) in [6.07, 6.45) is 3.97. The molecule has 0 spiro atoms. The van der Waals surface area contributed by atoms with Crippen LogP contribution in [0, 0.1) is 0 Å². The Hall–Kier alpha value is -0.130. The number of hydrogen-bond donors (Lipinski definition) is 1. The first-order valence-corrected chi connectivity index (χ1v) is 6.42. The Morgan fingerprint density at radius 1 is 1.31 bits per heavy atom. The molecule has 1 fully saturated rings. The number of primary sulfonamides is 1. The SMILES string of the molecule is CCC(N1CCCCC1)S(N)(=O)=O. The summed E-state index contributed by atoms with van der Waals surface area (Å²) >= 11 is 0. The highest BCUT2D eigenvalue weighted by Gasteiger charge is 2.27. The monoisotopic (exact) mass is 206 g/mol. The lowest BCUT2D eigenvalue weighted by Crippen LogP contribution is -2.46. The summed E-state index contributed by atoms with van der Waals surface area (Å²) in [4.78, 5) is 1.98. The third kappa shape index (κ3) is 2.93. The van der Waals surface area contributed by atoms with Crippen LogP contribution in [-0.2, 0) is 10.0 Å². The van der Waals surface area contributed by atoms with Gasteiger partial charge in [-0.25, -0.2) is 13.6 Å². The number of likely N-dealkylation sites (tertiary alicyclic amines) is 1. The van der Waals surface area contributed by atoms with Gasteiger partial charge in [0.15, 0.2) is 0 Å². The Labute approximate surface area is 80.1 Å². The molecule has 2 N–H and O–H groups in total. The minimum Gasteiger partial charge on any atom is -0.286 e. The maximum absolute atomic E-state index is 11.2. The van der Waals surface area contributed by atoms with E-state index in [1.807, 2.05) is 11.8 Å². The second-order valence-corrected chi connectivity index (χ2v) is 5.27. The molecule has 1 rings (SSSR count). The van der Waals surface area contributed by atoms with Crippen LogP contribution >= 0.6 is 0 Å². The highest BCUT2D eigenvalue weighted by atomic mass is 32.2. The average molecular weight is 206 g/mol. The van der Waals surface area contributed by atoms with E-state index >= 15 is 0 Å². The lowest BCUT2D eigenvalue weighted by Gasteiger charge is -2.32. The summed E-state index contributed by atoms with van der Waals surface area (Å²) in [7, 11) is -3.39. The third-order valence-corrected chi connectivity index (χ3v) is 3.92. The molecule has 0 bridgehead atoms. The van der Waals surface area contributed by atoms with Crippen molar-refractivity contribution >= 4 is 10.0 Å². The molecular weight excluding hydrogens is 188 g/mol. The standard InChI is InChI=1S/C8H18N2O2S/c1-2-8(13(9,11)12)10-6-4-3-5-7-10/h8H,2-7H2,1H3,(H2,9,11,12). The second kappa shape index (κ2) is 4.39. The zero-order valence-corrected chi connectivity index (χ0v) is 8.89. The van der Waals surface area contributed by atoms with Crippen molar-refractivity contribution in [3.63, 3.8) is 0 Å². The predicted octanol–water partition coefficient (Wildman–Crippen LogP) is 0.497. The molecule has 13 heavy (non-hydrogen) atoms. The molecule has 0 aliphatic carbocycles. The molecule has 0 amide bonds. The molecule has 1 aliphatic heterocycles. The summed E-state index contributed by atoms with van der Waals surface area (Å²) in [5, 5.41) is 4.69. The fourth-order valence-corrected chi connectivity index (χ4v) is 3.00. The fourth-order valence-electron chi connectivity index (χ4n) is 1.90. The summed E-state index contributed by atoms with van der Waals surface area (Å²) in [5.41, 5.74) is 0. The number of rotatable bonds is 3. The molecule has 0 aromatic heterocycles. The van der Waals surface area contributed by atoms with E-state index in [2.05, 4.69) is 0 Å². The Balaban J connectivity index is 2.65. The van der Waals surface area contributed by atoms with Crippen LogP contribution in [0.5, 0.6) is 0 Å². The number of piperidine rings is 1. The summed E-state index contributed by atoms with van der Waals surface area (Å²) in [6.45, 7) is 3.60.